The average Bonchev–Trinajstić information content (AvgIpc) is 1.69. The smallest absolute Gasteiger partial charge is 0.344 e. The minimum atomic E-state index is -1.54. The highest BCUT2D eigenvalue weighted by atomic mass is 32.2. The highest BCUT2D eigenvalue weighted by Gasteiger charge is 2.15. The second-order valence-corrected chi connectivity index (χ2v) is 6.24. The van der Waals surface area contributed by atoms with E-state index in [1.807, 2.05) is 0 Å². The summed E-state index contributed by atoms with van der Waals surface area (Å²) in [5.41, 5.74) is 0. The monoisotopic (exact) mass is 170 g/mol. The first-order valence-electron chi connectivity index (χ1n) is 2.14. The third-order valence-corrected chi connectivity index (χ3v) is 3.58. The Morgan fingerprint density at radius 3 is 1.62 bits per heavy atom. The van der Waals surface area contributed by atoms with Crippen LogP contribution in [0.5, 0.6) is 0 Å². The van der Waals surface area contributed by atoms with Crippen LogP contribution in [0.15, 0.2) is 0 Å². The number of rotatable bonds is 3. The molecule has 0 aliphatic carbocycles. The Bertz CT molecular complexity index is 57.2. The SMILES string of the molecule is CO[SiH](OC)C(S)S. The van der Waals surface area contributed by atoms with Crippen LogP contribution >= 0.6 is 25.3 Å². The zero-order valence-corrected chi connectivity index (χ0v) is 7.81. The Morgan fingerprint density at radius 2 is 1.62 bits per heavy atom. The van der Waals surface area contributed by atoms with Gasteiger partial charge in [0.1, 0.15) is 0 Å². The van der Waals surface area contributed by atoms with Gasteiger partial charge >= 0.3 is 9.28 Å². The maximum atomic E-state index is 4.92. The van der Waals surface area contributed by atoms with Gasteiger partial charge in [0, 0.05) is 14.2 Å². The van der Waals surface area contributed by atoms with Gasteiger partial charge in [-0.1, -0.05) is 0 Å². The summed E-state index contributed by atoms with van der Waals surface area (Å²) >= 11 is 8.06. The van der Waals surface area contributed by atoms with Crippen molar-refractivity contribution in [3.8, 4) is 0 Å². The summed E-state index contributed by atoms with van der Waals surface area (Å²) in [5, 5.41) is 0. The molecule has 0 heterocycles. The maximum absolute atomic E-state index is 4.92. The number of thiol groups is 2. The van der Waals surface area contributed by atoms with E-state index >= 15 is 0 Å². The molecule has 0 atom stereocenters. The predicted octanol–water partition coefficient (Wildman–Crippen LogP) is 0.225. The minimum Gasteiger partial charge on any atom is -0.399 e. The second kappa shape index (κ2) is 4.69. The van der Waals surface area contributed by atoms with Crippen molar-refractivity contribution in [2.24, 2.45) is 0 Å². The van der Waals surface area contributed by atoms with Crippen molar-refractivity contribution < 1.29 is 8.85 Å². The molecule has 0 N–H and O–H groups in total. The summed E-state index contributed by atoms with van der Waals surface area (Å²) < 4.78 is 9.81. The van der Waals surface area contributed by atoms with Gasteiger partial charge in [0.05, 0.1) is 4.21 Å². The molecular weight excluding hydrogens is 160 g/mol. The van der Waals surface area contributed by atoms with Crippen molar-refractivity contribution in [2.45, 2.75) is 4.21 Å². The molecule has 2 nitrogen and oxygen atoms in total. The molecule has 50 valence electrons. The molecule has 0 aromatic carbocycles. The third-order valence-electron chi connectivity index (χ3n) is 0.708. The second-order valence-electron chi connectivity index (χ2n) is 1.25. The molecule has 0 radical (unpaired) electrons. The molecule has 0 saturated carbocycles. The molecule has 0 amide bonds. The van der Waals surface area contributed by atoms with Crippen LogP contribution in [-0.2, 0) is 8.85 Å². The summed E-state index contributed by atoms with van der Waals surface area (Å²) in [6, 6.07) is 0. The molecular formula is C3H10O2S2Si. The van der Waals surface area contributed by atoms with E-state index in [4.69, 9.17) is 8.85 Å². The van der Waals surface area contributed by atoms with Crippen molar-refractivity contribution >= 4 is 34.5 Å². The molecule has 0 bridgehead atoms. The van der Waals surface area contributed by atoms with E-state index in [1.54, 1.807) is 14.2 Å². The average molecular weight is 170 g/mol. The third kappa shape index (κ3) is 2.98. The fourth-order valence-electron chi connectivity index (χ4n) is 0.340. The summed E-state index contributed by atoms with van der Waals surface area (Å²) in [7, 11) is 1.68. The largest absolute Gasteiger partial charge is 0.399 e. The summed E-state index contributed by atoms with van der Waals surface area (Å²) in [5.74, 6) is 0. The normalized spacial score (nSPS) is 11.2. The van der Waals surface area contributed by atoms with E-state index < -0.39 is 9.28 Å². The van der Waals surface area contributed by atoms with Crippen molar-refractivity contribution in [1.29, 1.82) is 0 Å². The van der Waals surface area contributed by atoms with Crippen LogP contribution in [0.3, 0.4) is 0 Å². The molecule has 0 fully saturated rings. The van der Waals surface area contributed by atoms with Crippen LogP contribution in [0.2, 0.25) is 0 Å². The van der Waals surface area contributed by atoms with E-state index in [0.717, 1.165) is 0 Å². The molecule has 0 aromatic heterocycles. The molecule has 0 aliphatic rings. The fourth-order valence-corrected chi connectivity index (χ4v) is 2.48. The standard InChI is InChI=1S/C3H10O2S2Si/c1-4-8(5-2)3(6)7/h3,6-8H,1-2H3. The molecule has 0 aliphatic heterocycles. The first-order valence-corrected chi connectivity index (χ1v) is 4.78. The Kier molecular flexibility index (Phi) is 5.18. The molecule has 5 heteroatoms. The van der Waals surface area contributed by atoms with Gasteiger partial charge in [0.25, 0.3) is 0 Å². The van der Waals surface area contributed by atoms with Crippen LogP contribution in [0.4, 0.5) is 0 Å². The highest BCUT2D eigenvalue weighted by molar-refractivity contribution is 8.01. The van der Waals surface area contributed by atoms with Gasteiger partial charge < -0.3 is 8.85 Å². The maximum Gasteiger partial charge on any atom is 0.344 e. The lowest BCUT2D eigenvalue weighted by Crippen LogP contribution is -2.27. The molecule has 0 spiro atoms. The van der Waals surface area contributed by atoms with Gasteiger partial charge in [-0.25, -0.2) is 0 Å². The van der Waals surface area contributed by atoms with Crippen LogP contribution in [0.1, 0.15) is 0 Å². The van der Waals surface area contributed by atoms with Crippen LogP contribution < -0.4 is 0 Å². The topological polar surface area (TPSA) is 18.5 Å². The Hall–Kier alpha value is 0.837. The van der Waals surface area contributed by atoms with Crippen molar-refractivity contribution in [2.75, 3.05) is 14.2 Å². The van der Waals surface area contributed by atoms with Gasteiger partial charge in [-0.3, -0.25) is 0 Å². The van der Waals surface area contributed by atoms with Crippen molar-refractivity contribution in [3.05, 3.63) is 0 Å². The zero-order chi connectivity index (χ0) is 6.57. The van der Waals surface area contributed by atoms with Gasteiger partial charge in [-0.2, -0.15) is 25.3 Å². The van der Waals surface area contributed by atoms with E-state index in [0.29, 0.717) is 0 Å². The zero-order valence-electron chi connectivity index (χ0n) is 4.87. The van der Waals surface area contributed by atoms with E-state index in [-0.39, 0.29) is 4.21 Å². The van der Waals surface area contributed by atoms with Crippen LogP contribution in [0, 0.1) is 0 Å². The fraction of sp³-hybridized carbons (Fsp3) is 1.00. The Morgan fingerprint density at radius 1 is 1.25 bits per heavy atom. The molecule has 0 unspecified atom stereocenters. The Balaban J connectivity index is 3.35. The van der Waals surface area contributed by atoms with Crippen LogP contribution in [0.25, 0.3) is 0 Å². The number of hydrogen-bond acceptors (Lipinski definition) is 4. The summed E-state index contributed by atoms with van der Waals surface area (Å²) in [6.45, 7) is 0. The first-order chi connectivity index (χ1) is 3.72. The van der Waals surface area contributed by atoms with E-state index in [2.05, 4.69) is 25.3 Å². The molecule has 0 aromatic rings. The first kappa shape index (κ1) is 8.84. The van der Waals surface area contributed by atoms with E-state index in [9.17, 15) is 0 Å². The predicted molar refractivity (Wildman–Crippen MR) is 42.9 cm³/mol. The quantitative estimate of drug-likeness (QED) is 0.359. The Labute approximate surface area is 62.2 Å². The van der Waals surface area contributed by atoms with Gasteiger partial charge in [-0.05, 0) is 0 Å². The van der Waals surface area contributed by atoms with Gasteiger partial charge in [0.15, 0.2) is 0 Å². The summed E-state index contributed by atoms with van der Waals surface area (Å²) in [6.07, 6.45) is 0. The lowest BCUT2D eigenvalue weighted by molar-refractivity contribution is 0.282. The lowest BCUT2D eigenvalue weighted by atomic mass is 11.8. The lowest BCUT2D eigenvalue weighted by Gasteiger charge is -2.11. The molecule has 0 saturated heterocycles. The van der Waals surface area contributed by atoms with Gasteiger partial charge in [0.2, 0.25) is 0 Å². The van der Waals surface area contributed by atoms with E-state index in [1.165, 1.54) is 0 Å². The highest BCUT2D eigenvalue weighted by Crippen LogP contribution is 2.05. The van der Waals surface area contributed by atoms with Crippen molar-refractivity contribution in [3.63, 3.8) is 0 Å². The minimum absolute atomic E-state index is 0.0370. The number of hydrogen-bond donors (Lipinski definition) is 2. The molecule has 8 heavy (non-hydrogen) atoms. The van der Waals surface area contributed by atoms with Crippen LogP contribution in [-0.4, -0.2) is 27.7 Å². The summed E-state index contributed by atoms with van der Waals surface area (Å²) in [4.78, 5) is 0. The van der Waals surface area contributed by atoms with Crippen molar-refractivity contribution in [1.82, 2.24) is 0 Å². The van der Waals surface area contributed by atoms with Gasteiger partial charge in [-0.15, -0.1) is 0 Å². The molecule has 0 rings (SSSR count).